The van der Waals surface area contributed by atoms with Crippen LogP contribution in [0.25, 0.3) is 11.4 Å². The van der Waals surface area contributed by atoms with Crippen LogP contribution in [0.5, 0.6) is 0 Å². The second-order valence-corrected chi connectivity index (χ2v) is 3.68. The highest BCUT2D eigenvalue weighted by Crippen LogP contribution is 2.28. The minimum Gasteiger partial charge on any atom is -0.324 e. The second kappa shape index (κ2) is 4.19. The van der Waals surface area contributed by atoms with Crippen molar-refractivity contribution in [3.8, 4) is 11.4 Å². The Labute approximate surface area is 96.9 Å². The molecule has 6 heteroatoms. The van der Waals surface area contributed by atoms with Gasteiger partial charge >= 0.3 is 0 Å². The average Bonchev–Trinajstić information content (AvgIpc) is 2.60. The third kappa shape index (κ3) is 1.79. The van der Waals surface area contributed by atoms with Crippen molar-refractivity contribution in [2.75, 3.05) is 0 Å². The van der Waals surface area contributed by atoms with Crippen LogP contribution in [0.1, 0.15) is 5.82 Å². The number of aromatic nitrogens is 3. The molecule has 0 atom stereocenters. The van der Waals surface area contributed by atoms with Crippen LogP contribution in [0.3, 0.4) is 0 Å². The number of aryl methyl sites for hydroxylation is 1. The molecule has 2 aromatic rings. The number of nitrogens with two attached hydrogens (primary N) is 1. The van der Waals surface area contributed by atoms with Crippen molar-refractivity contribution < 1.29 is 4.39 Å². The van der Waals surface area contributed by atoms with E-state index in [1.807, 2.05) is 0 Å². The maximum Gasteiger partial charge on any atom is 0.164 e. The normalized spacial score (nSPS) is 10.8. The van der Waals surface area contributed by atoms with Crippen LogP contribution in [-0.2, 0) is 13.6 Å². The monoisotopic (exact) mass is 240 g/mol. The molecule has 0 aliphatic carbocycles. The molecule has 0 unspecified atom stereocenters. The van der Waals surface area contributed by atoms with Crippen molar-refractivity contribution in [2.45, 2.75) is 6.54 Å². The number of rotatable bonds is 2. The van der Waals surface area contributed by atoms with Gasteiger partial charge in [-0.1, -0.05) is 17.7 Å². The van der Waals surface area contributed by atoms with E-state index in [9.17, 15) is 4.39 Å². The largest absolute Gasteiger partial charge is 0.324 e. The highest BCUT2D eigenvalue weighted by atomic mass is 35.5. The average molecular weight is 241 g/mol. The fourth-order valence-electron chi connectivity index (χ4n) is 1.45. The molecule has 4 nitrogen and oxygen atoms in total. The minimum atomic E-state index is -0.424. The molecule has 84 valence electrons. The van der Waals surface area contributed by atoms with Crippen LogP contribution < -0.4 is 5.73 Å². The molecular weight excluding hydrogens is 231 g/mol. The number of hydrogen-bond donors (Lipinski definition) is 1. The maximum atomic E-state index is 13.6. The molecule has 0 amide bonds. The summed E-state index contributed by atoms with van der Waals surface area (Å²) >= 11 is 5.94. The maximum absolute atomic E-state index is 13.6. The molecule has 1 aromatic carbocycles. The van der Waals surface area contributed by atoms with Gasteiger partial charge in [-0.05, 0) is 12.1 Å². The third-order valence-corrected chi connectivity index (χ3v) is 2.49. The highest BCUT2D eigenvalue weighted by molar-refractivity contribution is 6.33. The Balaban J connectivity index is 2.62. The van der Waals surface area contributed by atoms with Crippen molar-refractivity contribution >= 4 is 11.6 Å². The van der Waals surface area contributed by atoms with Gasteiger partial charge in [-0.2, -0.15) is 5.10 Å². The third-order valence-electron chi connectivity index (χ3n) is 2.18. The molecule has 0 aliphatic heterocycles. The van der Waals surface area contributed by atoms with Crippen LogP contribution in [0.4, 0.5) is 4.39 Å². The van der Waals surface area contributed by atoms with Crippen LogP contribution in [0, 0.1) is 5.82 Å². The zero-order valence-corrected chi connectivity index (χ0v) is 9.37. The zero-order chi connectivity index (χ0) is 11.7. The van der Waals surface area contributed by atoms with Gasteiger partial charge < -0.3 is 5.73 Å². The van der Waals surface area contributed by atoms with Crippen LogP contribution in [0.15, 0.2) is 18.2 Å². The van der Waals surface area contributed by atoms with Crippen molar-refractivity contribution in [3.05, 3.63) is 34.9 Å². The van der Waals surface area contributed by atoms with Crippen LogP contribution >= 0.6 is 11.6 Å². The molecule has 2 rings (SSSR count). The minimum absolute atomic E-state index is 0.208. The van der Waals surface area contributed by atoms with E-state index in [0.29, 0.717) is 16.7 Å². The lowest BCUT2D eigenvalue weighted by molar-refractivity contribution is 0.627. The molecule has 0 saturated carbocycles. The standard InChI is InChI=1S/C10H10ClFN4/c1-16-10(14-8(5-13)15-16)9-6(11)3-2-4-7(9)12/h2-4H,5,13H2,1H3. The summed E-state index contributed by atoms with van der Waals surface area (Å²) in [6.45, 7) is 0.208. The molecule has 16 heavy (non-hydrogen) atoms. The molecule has 0 radical (unpaired) electrons. The fourth-order valence-corrected chi connectivity index (χ4v) is 1.70. The van der Waals surface area contributed by atoms with E-state index in [1.165, 1.54) is 10.7 Å². The van der Waals surface area contributed by atoms with E-state index in [4.69, 9.17) is 17.3 Å². The SMILES string of the molecule is Cn1nc(CN)nc1-c1c(F)cccc1Cl. The van der Waals surface area contributed by atoms with Gasteiger partial charge in [-0.15, -0.1) is 0 Å². The molecule has 2 N–H and O–H groups in total. The lowest BCUT2D eigenvalue weighted by Crippen LogP contribution is -1.99. The topological polar surface area (TPSA) is 56.7 Å². The van der Waals surface area contributed by atoms with Crippen molar-refractivity contribution in [1.29, 1.82) is 0 Å². The molecular formula is C10H10ClFN4. The summed E-state index contributed by atoms with van der Waals surface area (Å²) in [6, 6.07) is 4.48. The zero-order valence-electron chi connectivity index (χ0n) is 8.61. The second-order valence-electron chi connectivity index (χ2n) is 3.28. The van der Waals surface area contributed by atoms with Gasteiger partial charge in [0.1, 0.15) is 5.82 Å². The van der Waals surface area contributed by atoms with Crippen molar-refractivity contribution in [2.24, 2.45) is 12.8 Å². The molecule has 0 fully saturated rings. The fraction of sp³-hybridized carbons (Fsp3) is 0.200. The predicted octanol–water partition coefficient (Wildman–Crippen LogP) is 1.73. The Morgan fingerprint density at radius 3 is 2.81 bits per heavy atom. The number of nitrogens with zero attached hydrogens (tertiary/aromatic N) is 3. The number of hydrogen-bond acceptors (Lipinski definition) is 3. The van der Waals surface area contributed by atoms with Crippen LogP contribution in [-0.4, -0.2) is 14.8 Å². The molecule has 0 aliphatic rings. The van der Waals surface area contributed by atoms with E-state index in [1.54, 1.807) is 19.2 Å². The lowest BCUT2D eigenvalue weighted by atomic mass is 10.2. The first-order chi connectivity index (χ1) is 7.63. The molecule has 1 aromatic heterocycles. The summed E-state index contributed by atoms with van der Waals surface area (Å²) in [5, 5.41) is 4.35. The first-order valence-corrected chi connectivity index (χ1v) is 5.05. The molecule has 0 spiro atoms. The molecule has 0 saturated heterocycles. The molecule has 0 bridgehead atoms. The smallest absolute Gasteiger partial charge is 0.164 e. The Hall–Kier alpha value is -1.46. The van der Waals surface area contributed by atoms with Gasteiger partial charge in [0.2, 0.25) is 0 Å². The predicted molar refractivity (Wildman–Crippen MR) is 59.3 cm³/mol. The van der Waals surface area contributed by atoms with Gasteiger partial charge in [0.15, 0.2) is 11.6 Å². The summed E-state index contributed by atoms with van der Waals surface area (Å²) in [5.74, 6) is 0.409. The number of halogens is 2. The van der Waals surface area contributed by atoms with Gasteiger partial charge in [0.05, 0.1) is 17.1 Å². The Kier molecular flexibility index (Phi) is 2.89. The summed E-state index contributed by atoms with van der Waals surface area (Å²) in [5.41, 5.74) is 5.67. The van der Waals surface area contributed by atoms with Crippen LogP contribution in [0.2, 0.25) is 5.02 Å². The summed E-state index contributed by atoms with van der Waals surface area (Å²) < 4.78 is 15.1. The quantitative estimate of drug-likeness (QED) is 0.870. The molecule has 1 heterocycles. The van der Waals surface area contributed by atoms with Crippen molar-refractivity contribution in [1.82, 2.24) is 14.8 Å². The van der Waals surface area contributed by atoms with Gasteiger partial charge in [0, 0.05) is 7.05 Å². The van der Waals surface area contributed by atoms with E-state index in [2.05, 4.69) is 10.1 Å². The van der Waals surface area contributed by atoms with Gasteiger partial charge in [0.25, 0.3) is 0 Å². The highest BCUT2D eigenvalue weighted by Gasteiger charge is 2.15. The summed E-state index contributed by atoms with van der Waals surface area (Å²) in [6.07, 6.45) is 0. The van der Waals surface area contributed by atoms with E-state index in [0.717, 1.165) is 0 Å². The number of benzene rings is 1. The lowest BCUT2D eigenvalue weighted by Gasteiger charge is -2.03. The summed E-state index contributed by atoms with van der Waals surface area (Å²) in [4.78, 5) is 4.12. The Morgan fingerprint density at radius 2 is 2.25 bits per heavy atom. The van der Waals surface area contributed by atoms with E-state index in [-0.39, 0.29) is 12.1 Å². The van der Waals surface area contributed by atoms with E-state index < -0.39 is 5.82 Å². The first-order valence-electron chi connectivity index (χ1n) is 4.68. The van der Waals surface area contributed by atoms with E-state index >= 15 is 0 Å². The Morgan fingerprint density at radius 1 is 1.50 bits per heavy atom. The Bertz CT molecular complexity index is 503. The first kappa shape index (κ1) is 11.0. The van der Waals surface area contributed by atoms with Gasteiger partial charge in [-0.3, -0.25) is 0 Å². The van der Waals surface area contributed by atoms with Gasteiger partial charge in [-0.25, -0.2) is 14.1 Å². The van der Waals surface area contributed by atoms with Crippen molar-refractivity contribution in [3.63, 3.8) is 0 Å². The summed E-state index contributed by atoms with van der Waals surface area (Å²) in [7, 11) is 1.67.